The smallest absolute Gasteiger partial charge is 0.256 e. The minimum absolute atomic E-state index is 0.264. The number of thiophene rings is 1. The van der Waals surface area contributed by atoms with Gasteiger partial charge in [-0.2, -0.15) is 11.3 Å². The molecule has 0 bridgehead atoms. The molecule has 2 amide bonds. The average molecular weight is 354 g/mol. The molecule has 2 N–H and O–H groups in total. The number of hydrogen-bond acceptors (Lipinski definition) is 3. The van der Waals surface area contributed by atoms with Gasteiger partial charge >= 0.3 is 0 Å². The highest BCUT2D eigenvalue weighted by atomic mass is 32.1. The summed E-state index contributed by atoms with van der Waals surface area (Å²) in [5.74, 6) is -0.901. The molecule has 0 atom stereocenters. The monoisotopic (exact) mass is 354 g/mol. The Morgan fingerprint density at radius 2 is 1.72 bits per heavy atom. The Hall–Kier alpha value is -2.99. The fourth-order valence-corrected chi connectivity index (χ4v) is 2.89. The number of amides is 2. The third kappa shape index (κ3) is 4.30. The number of anilines is 1. The summed E-state index contributed by atoms with van der Waals surface area (Å²) in [7, 11) is 0. The van der Waals surface area contributed by atoms with Gasteiger partial charge in [-0.1, -0.05) is 24.3 Å². The Bertz CT molecular complexity index is 877. The zero-order valence-corrected chi connectivity index (χ0v) is 14.0. The molecular weight excluding hydrogens is 339 g/mol. The summed E-state index contributed by atoms with van der Waals surface area (Å²) < 4.78 is 12.9. The van der Waals surface area contributed by atoms with Gasteiger partial charge in [-0.05, 0) is 41.3 Å². The Labute approximate surface area is 148 Å². The summed E-state index contributed by atoms with van der Waals surface area (Å²) in [6, 6.07) is 14.4. The predicted octanol–water partition coefficient (Wildman–Crippen LogP) is 4.07. The van der Waals surface area contributed by atoms with E-state index in [0.29, 0.717) is 16.8 Å². The minimum Gasteiger partial charge on any atom is -0.348 e. The van der Waals surface area contributed by atoms with Gasteiger partial charge in [0.25, 0.3) is 11.8 Å². The molecule has 0 aliphatic heterocycles. The molecule has 6 heteroatoms. The Morgan fingerprint density at radius 1 is 0.960 bits per heavy atom. The van der Waals surface area contributed by atoms with Gasteiger partial charge in [0.15, 0.2) is 0 Å². The number of halogens is 1. The van der Waals surface area contributed by atoms with Gasteiger partial charge in [-0.25, -0.2) is 4.39 Å². The largest absolute Gasteiger partial charge is 0.348 e. The van der Waals surface area contributed by atoms with Crippen LogP contribution in [0.25, 0.3) is 0 Å². The molecule has 126 valence electrons. The van der Waals surface area contributed by atoms with Crippen molar-refractivity contribution in [3.63, 3.8) is 0 Å². The first-order valence-corrected chi connectivity index (χ1v) is 8.53. The van der Waals surface area contributed by atoms with Gasteiger partial charge in [0, 0.05) is 11.9 Å². The lowest BCUT2D eigenvalue weighted by atomic mass is 10.1. The molecule has 0 unspecified atom stereocenters. The molecule has 0 aliphatic carbocycles. The summed E-state index contributed by atoms with van der Waals surface area (Å²) in [5.41, 5.74) is 2.14. The molecule has 0 radical (unpaired) electrons. The lowest BCUT2D eigenvalue weighted by Crippen LogP contribution is -2.24. The fraction of sp³-hybridized carbons (Fsp3) is 0.0526. The third-order valence-corrected chi connectivity index (χ3v) is 4.25. The topological polar surface area (TPSA) is 58.2 Å². The zero-order valence-electron chi connectivity index (χ0n) is 13.2. The van der Waals surface area contributed by atoms with Crippen molar-refractivity contribution < 1.29 is 14.0 Å². The van der Waals surface area contributed by atoms with Crippen LogP contribution in [0, 0.1) is 5.82 Å². The minimum atomic E-state index is -0.323. The molecule has 3 aromatic rings. The van der Waals surface area contributed by atoms with Crippen LogP contribution in [0.15, 0.2) is 65.4 Å². The summed E-state index contributed by atoms with van der Waals surface area (Å²) in [6.45, 7) is 0.270. The van der Waals surface area contributed by atoms with Crippen LogP contribution in [-0.4, -0.2) is 11.8 Å². The number of para-hydroxylation sites is 1. The number of carbonyl (C=O) groups is 2. The number of hydrogen-bond donors (Lipinski definition) is 2. The molecule has 2 aromatic carbocycles. The van der Waals surface area contributed by atoms with Crippen molar-refractivity contribution in [3.05, 3.63) is 87.9 Å². The van der Waals surface area contributed by atoms with Crippen LogP contribution in [-0.2, 0) is 6.54 Å². The normalized spacial score (nSPS) is 10.3. The van der Waals surface area contributed by atoms with Crippen molar-refractivity contribution in [2.75, 3.05) is 5.32 Å². The maximum atomic E-state index is 12.9. The second kappa shape index (κ2) is 7.72. The van der Waals surface area contributed by atoms with Crippen molar-refractivity contribution in [1.29, 1.82) is 0 Å². The van der Waals surface area contributed by atoms with E-state index in [1.807, 2.05) is 5.38 Å². The predicted molar refractivity (Wildman–Crippen MR) is 96.3 cm³/mol. The van der Waals surface area contributed by atoms with E-state index >= 15 is 0 Å². The van der Waals surface area contributed by atoms with E-state index in [1.165, 1.54) is 23.5 Å². The van der Waals surface area contributed by atoms with Crippen molar-refractivity contribution >= 4 is 28.8 Å². The molecule has 0 saturated carbocycles. The zero-order chi connectivity index (χ0) is 17.6. The molecule has 3 rings (SSSR count). The second-order valence-corrected chi connectivity index (χ2v) is 6.10. The number of carbonyl (C=O) groups excluding carboxylic acids is 2. The van der Waals surface area contributed by atoms with Gasteiger partial charge in [-0.3, -0.25) is 9.59 Å². The summed E-state index contributed by atoms with van der Waals surface area (Å²) in [5, 5.41) is 9.09. The van der Waals surface area contributed by atoms with E-state index < -0.39 is 0 Å². The SMILES string of the molecule is O=C(Nc1ccccc1C(=O)NCc1ccc(F)cc1)c1ccsc1. The lowest BCUT2D eigenvalue weighted by molar-refractivity contribution is 0.0952. The van der Waals surface area contributed by atoms with E-state index in [-0.39, 0.29) is 24.2 Å². The highest BCUT2D eigenvalue weighted by Gasteiger charge is 2.14. The third-order valence-electron chi connectivity index (χ3n) is 3.57. The van der Waals surface area contributed by atoms with Crippen molar-refractivity contribution in [3.8, 4) is 0 Å². The Balaban J connectivity index is 1.70. The van der Waals surface area contributed by atoms with E-state index in [9.17, 15) is 14.0 Å². The van der Waals surface area contributed by atoms with Gasteiger partial charge in [0.1, 0.15) is 5.82 Å². The summed E-state index contributed by atoms with van der Waals surface area (Å²) in [4.78, 5) is 24.6. The van der Waals surface area contributed by atoms with Gasteiger partial charge < -0.3 is 10.6 Å². The van der Waals surface area contributed by atoms with E-state index in [1.54, 1.807) is 47.8 Å². The van der Waals surface area contributed by atoms with Crippen LogP contribution in [0.3, 0.4) is 0 Å². The van der Waals surface area contributed by atoms with E-state index in [4.69, 9.17) is 0 Å². The van der Waals surface area contributed by atoms with Crippen LogP contribution in [0.2, 0.25) is 0 Å². The van der Waals surface area contributed by atoms with Crippen LogP contribution < -0.4 is 10.6 Å². The average Bonchev–Trinajstić information content (AvgIpc) is 3.16. The van der Waals surface area contributed by atoms with Gasteiger partial charge in [0.05, 0.1) is 16.8 Å². The van der Waals surface area contributed by atoms with Crippen LogP contribution >= 0.6 is 11.3 Å². The van der Waals surface area contributed by atoms with Gasteiger partial charge in [-0.15, -0.1) is 0 Å². The molecular formula is C19H15FN2O2S. The molecule has 0 fully saturated rings. The first-order chi connectivity index (χ1) is 12.1. The molecule has 0 spiro atoms. The van der Waals surface area contributed by atoms with Crippen LogP contribution in [0.1, 0.15) is 26.3 Å². The molecule has 25 heavy (non-hydrogen) atoms. The number of nitrogens with one attached hydrogen (secondary N) is 2. The first kappa shape index (κ1) is 16.9. The van der Waals surface area contributed by atoms with Crippen LogP contribution in [0.4, 0.5) is 10.1 Å². The maximum Gasteiger partial charge on any atom is 0.256 e. The van der Waals surface area contributed by atoms with E-state index in [2.05, 4.69) is 10.6 Å². The first-order valence-electron chi connectivity index (χ1n) is 7.59. The Kier molecular flexibility index (Phi) is 5.20. The highest BCUT2D eigenvalue weighted by Crippen LogP contribution is 2.17. The summed E-state index contributed by atoms with van der Waals surface area (Å²) >= 11 is 1.43. The van der Waals surface area contributed by atoms with Crippen molar-refractivity contribution in [2.45, 2.75) is 6.54 Å². The second-order valence-electron chi connectivity index (χ2n) is 5.32. The standard InChI is InChI=1S/C19H15FN2O2S/c20-15-7-5-13(6-8-15)11-21-19(24)16-3-1-2-4-17(16)22-18(23)14-9-10-25-12-14/h1-10,12H,11H2,(H,21,24)(H,22,23). The molecule has 1 aromatic heterocycles. The number of benzene rings is 2. The quantitative estimate of drug-likeness (QED) is 0.726. The van der Waals surface area contributed by atoms with Crippen molar-refractivity contribution in [2.24, 2.45) is 0 Å². The fourth-order valence-electron chi connectivity index (χ4n) is 2.26. The maximum absolute atomic E-state index is 12.9. The number of rotatable bonds is 5. The highest BCUT2D eigenvalue weighted by molar-refractivity contribution is 7.08. The van der Waals surface area contributed by atoms with Gasteiger partial charge in [0.2, 0.25) is 0 Å². The van der Waals surface area contributed by atoms with Crippen LogP contribution in [0.5, 0.6) is 0 Å². The Morgan fingerprint density at radius 3 is 2.44 bits per heavy atom. The van der Waals surface area contributed by atoms with E-state index in [0.717, 1.165) is 5.56 Å². The molecule has 1 heterocycles. The van der Waals surface area contributed by atoms with Crippen molar-refractivity contribution in [1.82, 2.24) is 5.32 Å². The molecule has 0 aliphatic rings. The molecule has 4 nitrogen and oxygen atoms in total. The lowest BCUT2D eigenvalue weighted by Gasteiger charge is -2.11. The summed E-state index contributed by atoms with van der Waals surface area (Å²) in [6.07, 6.45) is 0. The molecule has 0 saturated heterocycles.